The topological polar surface area (TPSA) is 85.5 Å². The lowest BCUT2D eigenvalue weighted by Gasteiger charge is -2.19. The van der Waals surface area contributed by atoms with Crippen molar-refractivity contribution in [1.29, 1.82) is 0 Å². The van der Waals surface area contributed by atoms with Crippen molar-refractivity contribution in [1.82, 2.24) is 10.1 Å². The zero-order valence-corrected chi connectivity index (χ0v) is 14.7. The third-order valence-corrected chi connectivity index (χ3v) is 4.64. The Morgan fingerprint density at radius 1 is 1.42 bits per heavy atom. The number of esters is 1. The molecule has 0 radical (unpaired) electrons. The summed E-state index contributed by atoms with van der Waals surface area (Å²) in [6, 6.07) is 0.109. The Balaban J connectivity index is 1.92. The summed E-state index contributed by atoms with van der Waals surface area (Å²) in [5, 5.41) is 6.09. The maximum Gasteiger partial charge on any atom is 0.357 e. The fourth-order valence-electron chi connectivity index (χ4n) is 2.47. The molecule has 1 saturated carbocycles. The van der Waals surface area contributed by atoms with E-state index in [2.05, 4.69) is 10.1 Å². The molecule has 2 aromatic heterocycles. The molecule has 7 nitrogen and oxygen atoms in total. The van der Waals surface area contributed by atoms with Crippen molar-refractivity contribution in [3.8, 4) is 0 Å². The average Bonchev–Trinajstić information content (AvgIpc) is 3.13. The second-order valence-corrected chi connectivity index (χ2v) is 6.39. The van der Waals surface area contributed by atoms with Crippen molar-refractivity contribution in [3.05, 3.63) is 28.1 Å². The molecule has 0 spiro atoms. The lowest BCUT2D eigenvalue weighted by Crippen LogP contribution is -2.34. The van der Waals surface area contributed by atoms with Crippen LogP contribution in [0.15, 0.2) is 9.90 Å². The van der Waals surface area contributed by atoms with E-state index in [0.717, 1.165) is 12.8 Å². The first-order valence-electron chi connectivity index (χ1n) is 7.98. The maximum atomic E-state index is 13.1. The fraction of sp³-hybridized carbons (Fsp3) is 0.500. The van der Waals surface area contributed by atoms with Crippen molar-refractivity contribution in [2.75, 3.05) is 11.5 Å². The molecule has 0 unspecified atom stereocenters. The van der Waals surface area contributed by atoms with Crippen LogP contribution in [0.4, 0.5) is 5.13 Å². The molecule has 0 aliphatic heterocycles. The summed E-state index contributed by atoms with van der Waals surface area (Å²) in [5.41, 5.74) is 1.37. The van der Waals surface area contributed by atoms with Gasteiger partial charge >= 0.3 is 5.97 Å². The molecule has 128 valence electrons. The number of aromatic nitrogens is 2. The minimum Gasteiger partial charge on any atom is -0.461 e. The highest BCUT2D eigenvalue weighted by atomic mass is 32.1. The van der Waals surface area contributed by atoms with E-state index >= 15 is 0 Å². The van der Waals surface area contributed by atoms with Gasteiger partial charge in [-0.25, -0.2) is 9.78 Å². The molecule has 2 aromatic rings. The number of carbonyl (C=O) groups excluding carboxylic acids is 2. The summed E-state index contributed by atoms with van der Waals surface area (Å²) in [5.74, 6) is -0.138. The van der Waals surface area contributed by atoms with E-state index in [1.54, 1.807) is 24.1 Å². The van der Waals surface area contributed by atoms with Crippen LogP contribution in [0.2, 0.25) is 0 Å². The van der Waals surface area contributed by atoms with Gasteiger partial charge in [0.2, 0.25) is 0 Å². The number of amides is 1. The Morgan fingerprint density at radius 2 is 2.17 bits per heavy atom. The van der Waals surface area contributed by atoms with Crippen molar-refractivity contribution < 1.29 is 18.8 Å². The number of aryl methyl sites for hydroxylation is 2. The van der Waals surface area contributed by atoms with Gasteiger partial charge in [0.25, 0.3) is 5.91 Å². The van der Waals surface area contributed by atoms with E-state index in [4.69, 9.17) is 9.26 Å². The van der Waals surface area contributed by atoms with Crippen LogP contribution in [0.1, 0.15) is 59.0 Å². The van der Waals surface area contributed by atoms with Gasteiger partial charge in [0, 0.05) is 11.4 Å². The van der Waals surface area contributed by atoms with Gasteiger partial charge < -0.3 is 9.26 Å². The molecule has 1 aliphatic rings. The normalized spacial score (nSPS) is 13.8. The fourth-order valence-corrected chi connectivity index (χ4v) is 3.33. The van der Waals surface area contributed by atoms with Crippen LogP contribution < -0.4 is 4.90 Å². The molecule has 0 saturated heterocycles. The number of anilines is 1. The summed E-state index contributed by atoms with van der Waals surface area (Å²) in [4.78, 5) is 30.8. The standard InChI is InChI=1S/C16H19N3O4S/c1-4-11-13(9(3)23-18-11)14(20)19(10-6-7-10)16-17-12(8-24-16)15(21)22-5-2/h8,10H,4-7H2,1-3H3. The number of hydrogen-bond acceptors (Lipinski definition) is 7. The first-order chi connectivity index (χ1) is 11.6. The van der Waals surface area contributed by atoms with Crippen LogP contribution in [-0.2, 0) is 11.2 Å². The van der Waals surface area contributed by atoms with Gasteiger partial charge in [0.15, 0.2) is 10.8 Å². The Morgan fingerprint density at radius 3 is 2.79 bits per heavy atom. The summed E-state index contributed by atoms with van der Waals surface area (Å²) in [6.45, 7) is 5.69. The Bertz CT molecular complexity index is 763. The summed E-state index contributed by atoms with van der Waals surface area (Å²) < 4.78 is 10.1. The molecule has 2 heterocycles. The molecule has 3 rings (SSSR count). The third-order valence-electron chi connectivity index (χ3n) is 3.80. The van der Waals surface area contributed by atoms with E-state index in [0.29, 0.717) is 28.6 Å². The molecule has 1 amide bonds. The highest BCUT2D eigenvalue weighted by molar-refractivity contribution is 7.14. The maximum absolute atomic E-state index is 13.1. The molecular weight excluding hydrogens is 330 g/mol. The van der Waals surface area contributed by atoms with Gasteiger partial charge in [0.05, 0.1) is 12.3 Å². The zero-order valence-electron chi connectivity index (χ0n) is 13.9. The first kappa shape index (κ1) is 16.6. The lowest BCUT2D eigenvalue weighted by molar-refractivity contribution is 0.0520. The number of hydrogen-bond donors (Lipinski definition) is 0. The highest BCUT2D eigenvalue weighted by Crippen LogP contribution is 2.35. The summed E-state index contributed by atoms with van der Waals surface area (Å²) in [7, 11) is 0. The SMILES string of the molecule is CCOC(=O)c1csc(N(C(=O)c2c(CC)noc2C)C2CC2)n1. The van der Waals surface area contributed by atoms with Crippen molar-refractivity contribution in [2.45, 2.75) is 46.1 Å². The summed E-state index contributed by atoms with van der Waals surface area (Å²) in [6.07, 6.45) is 2.46. The molecule has 1 fully saturated rings. The molecule has 0 bridgehead atoms. The Kier molecular flexibility index (Phi) is 4.66. The highest BCUT2D eigenvalue weighted by Gasteiger charge is 2.38. The quantitative estimate of drug-likeness (QED) is 0.745. The predicted molar refractivity (Wildman–Crippen MR) is 88.5 cm³/mol. The zero-order chi connectivity index (χ0) is 17.3. The molecule has 24 heavy (non-hydrogen) atoms. The predicted octanol–water partition coefficient (Wildman–Crippen LogP) is 2.99. The molecule has 8 heteroatoms. The van der Waals surface area contributed by atoms with Crippen LogP contribution >= 0.6 is 11.3 Å². The molecule has 1 aliphatic carbocycles. The number of ether oxygens (including phenoxy) is 1. The number of rotatable bonds is 6. The monoisotopic (exact) mass is 349 g/mol. The molecule has 0 atom stereocenters. The van der Waals surface area contributed by atoms with Crippen molar-refractivity contribution in [2.24, 2.45) is 0 Å². The Hall–Kier alpha value is -2.22. The lowest BCUT2D eigenvalue weighted by atomic mass is 10.1. The number of nitrogens with zero attached hydrogens (tertiary/aromatic N) is 3. The Labute approximate surface area is 143 Å². The van der Waals surface area contributed by atoms with Gasteiger partial charge in [0.1, 0.15) is 11.3 Å². The van der Waals surface area contributed by atoms with E-state index in [1.807, 2.05) is 6.92 Å². The third kappa shape index (κ3) is 3.06. The van der Waals surface area contributed by atoms with E-state index in [-0.39, 0.29) is 24.2 Å². The first-order valence-corrected chi connectivity index (χ1v) is 8.86. The van der Waals surface area contributed by atoms with Crippen LogP contribution in [0.3, 0.4) is 0 Å². The van der Waals surface area contributed by atoms with Gasteiger partial charge in [-0.1, -0.05) is 12.1 Å². The van der Waals surface area contributed by atoms with Gasteiger partial charge in [-0.3, -0.25) is 9.69 Å². The second-order valence-electron chi connectivity index (χ2n) is 5.56. The number of carbonyl (C=O) groups is 2. The average molecular weight is 349 g/mol. The van der Waals surface area contributed by atoms with E-state index in [1.165, 1.54) is 11.3 Å². The minimum absolute atomic E-state index is 0.109. The van der Waals surface area contributed by atoms with E-state index in [9.17, 15) is 9.59 Å². The van der Waals surface area contributed by atoms with Crippen LogP contribution in [-0.4, -0.2) is 34.7 Å². The van der Waals surface area contributed by atoms with Crippen LogP contribution in [0.5, 0.6) is 0 Å². The van der Waals surface area contributed by atoms with E-state index < -0.39 is 5.97 Å². The van der Waals surface area contributed by atoms with Crippen LogP contribution in [0, 0.1) is 6.92 Å². The van der Waals surface area contributed by atoms with Crippen molar-refractivity contribution in [3.63, 3.8) is 0 Å². The summed E-state index contributed by atoms with van der Waals surface area (Å²) >= 11 is 1.27. The van der Waals surface area contributed by atoms with Gasteiger partial charge in [-0.05, 0) is 33.1 Å². The van der Waals surface area contributed by atoms with Crippen LogP contribution in [0.25, 0.3) is 0 Å². The van der Waals surface area contributed by atoms with Gasteiger partial charge in [-0.15, -0.1) is 11.3 Å². The molecular formula is C16H19N3O4S. The second kappa shape index (κ2) is 6.72. The molecule has 0 N–H and O–H groups in total. The minimum atomic E-state index is -0.474. The molecule has 0 aromatic carbocycles. The largest absolute Gasteiger partial charge is 0.461 e. The smallest absolute Gasteiger partial charge is 0.357 e. The van der Waals surface area contributed by atoms with Crippen molar-refractivity contribution >= 4 is 28.3 Å². The van der Waals surface area contributed by atoms with Gasteiger partial charge in [-0.2, -0.15) is 0 Å². The number of thiazole rings is 1.